The summed E-state index contributed by atoms with van der Waals surface area (Å²) >= 11 is 0. The molecule has 9 heteroatoms. The monoisotopic (exact) mass is 1140 g/mol. The van der Waals surface area contributed by atoms with Crippen LogP contribution in [0, 0.1) is 0 Å². The number of unbranched alkanes of at least 4 members (excludes halogenated alkanes) is 55. The molecule has 2 N–H and O–H groups in total. The Bertz CT molecular complexity index is 1250. The molecule has 3 unspecified atom stereocenters. The first-order valence-corrected chi connectivity index (χ1v) is 37.3. The number of carbonyl (C=O) groups is 1. The molecule has 0 aliphatic rings. The van der Waals surface area contributed by atoms with E-state index in [-0.39, 0.29) is 19.1 Å². The highest BCUT2D eigenvalue weighted by molar-refractivity contribution is 7.45. The third-order valence-electron chi connectivity index (χ3n) is 17.1. The van der Waals surface area contributed by atoms with E-state index < -0.39 is 20.0 Å². The Morgan fingerprint density at radius 2 is 0.620 bits per heavy atom. The van der Waals surface area contributed by atoms with E-state index in [0.29, 0.717) is 23.9 Å². The van der Waals surface area contributed by atoms with Crippen LogP contribution in [0.25, 0.3) is 0 Å². The molecule has 79 heavy (non-hydrogen) atoms. The fraction of sp³-hybridized carbons (Fsp3) is 0.986. The van der Waals surface area contributed by atoms with Crippen LogP contribution in [0.1, 0.15) is 393 Å². The minimum absolute atomic E-state index is 0.0170. The molecule has 0 aromatic carbocycles. The molecule has 1 amide bonds. The van der Waals surface area contributed by atoms with E-state index in [4.69, 9.17) is 9.05 Å². The summed E-state index contributed by atoms with van der Waals surface area (Å²) < 4.78 is 23.6. The maximum Gasteiger partial charge on any atom is 0.268 e. The van der Waals surface area contributed by atoms with Gasteiger partial charge in [0.05, 0.1) is 39.9 Å². The van der Waals surface area contributed by atoms with Gasteiger partial charge in [-0.1, -0.05) is 373 Å². The second kappa shape index (κ2) is 62.0. The maximum absolute atomic E-state index is 13.1. The molecule has 3 atom stereocenters. The van der Waals surface area contributed by atoms with Gasteiger partial charge >= 0.3 is 0 Å². The van der Waals surface area contributed by atoms with E-state index in [0.717, 1.165) is 38.5 Å². The summed E-state index contributed by atoms with van der Waals surface area (Å²) in [7, 11) is 1.33. The average molecular weight is 1140 g/mol. The number of aliphatic hydroxyl groups is 1. The largest absolute Gasteiger partial charge is 0.756 e. The second-order valence-corrected chi connectivity index (χ2v) is 27.7. The Morgan fingerprint density at radius 1 is 0.392 bits per heavy atom. The van der Waals surface area contributed by atoms with Gasteiger partial charge in [0.2, 0.25) is 5.91 Å². The van der Waals surface area contributed by atoms with Crippen LogP contribution in [0.5, 0.6) is 0 Å². The van der Waals surface area contributed by atoms with Gasteiger partial charge in [-0.2, -0.15) is 0 Å². The summed E-state index contributed by atoms with van der Waals surface area (Å²) in [5.74, 6) is -0.153. The van der Waals surface area contributed by atoms with E-state index in [9.17, 15) is 19.4 Å². The van der Waals surface area contributed by atoms with Gasteiger partial charge in [-0.05, 0) is 12.8 Å². The lowest BCUT2D eigenvalue weighted by molar-refractivity contribution is -0.870. The molecule has 0 saturated carbocycles. The molecule has 0 aromatic heterocycles. The highest BCUT2D eigenvalue weighted by atomic mass is 31.2. The highest BCUT2D eigenvalue weighted by Crippen LogP contribution is 2.38. The van der Waals surface area contributed by atoms with Gasteiger partial charge in [0.15, 0.2) is 0 Å². The van der Waals surface area contributed by atoms with Crippen LogP contribution in [-0.4, -0.2) is 68.5 Å². The zero-order valence-corrected chi connectivity index (χ0v) is 55.3. The number of rotatable bonds is 68. The van der Waals surface area contributed by atoms with Crippen molar-refractivity contribution < 1.29 is 32.9 Å². The Labute approximate surface area is 495 Å². The lowest BCUT2D eigenvalue weighted by Crippen LogP contribution is -2.46. The molecule has 0 aliphatic heterocycles. The quantitative estimate of drug-likeness (QED) is 0.0357. The molecular weight excluding hydrogens is 996 g/mol. The number of amides is 1. The minimum atomic E-state index is -4.58. The standard InChI is InChI=1S/C70H143N2O6P/c1-6-8-10-12-14-16-18-20-22-24-26-28-30-32-34-35-36-37-38-39-41-43-45-47-49-51-53-55-57-59-61-63-69(73)68(67-78-79(75,76)77-66-65-72(3,4)5)71-70(74)64-62-60-58-56-54-52-50-48-46-44-42-40-33-31-29-27-25-23-21-19-17-15-13-11-9-7-2/h68-69,73H,6-67H2,1-5H3,(H-,71,74,75,76). The van der Waals surface area contributed by atoms with E-state index in [2.05, 4.69) is 19.2 Å². The fourth-order valence-electron chi connectivity index (χ4n) is 11.5. The van der Waals surface area contributed by atoms with Gasteiger partial charge in [-0.15, -0.1) is 0 Å². The minimum Gasteiger partial charge on any atom is -0.756 e. The summed E-state index contributed by atoms with van der Waals surface area (Å²) in [6.07, 6.45) is 77.6. The van der Waals surface area contributed by atoms with Crippen LogP contribution in [-0.2, 0) is 18.4 Å². The summed E-state index contributed by atoms with van der Waals surface area (Å²) in [5.41, 5.74) is 0. The van der Waals surface area contributed by atoms with Crippen LogP contribution in [0.15, 0.2) is 0 Å². The highest BCUT2D eigenvalue weighted by Gasteiger charge is 2.24. The van der Waals surface area contributed by atoms with Crippen LogP contribution in [0.4, 0.5) is 0 Å². The van der Waals surface area contributed by atoms with Crippen molar-refractivity contribution in [2.24, 2.45) is 0 Å². The molecule has 0 saturated heterocycles. The van der Waals surface area contributed by atoms with Crippen LogP contribution < -0.4 is 10.2 Å². The smallest absolute Gasteiger partial charge is 0.268 e. The zero-order chi connectivity index (χ0) is 57.7. The Morgan fingerprint density at radius 3 is 0.861 bits per heavy atom. The van der Waals surface area contributed by atoms with Crippen molar-refractivity contribution in [1.82, 2.24) is 5.32 Å². The van der Waals surface area contributed by atoms with Gasteiger partial charge in [-0.25, -0.2) is 0 Å². The number of hydrogen-bond donors (Lipinski definition) is 2. The summed E-state index contributed by atoms with van der Waals surface area (Å²) in [5, 5.41) is 14.1. The predicted molar refractivity (Wildman–Crippen MR) is 344 cm³/mol. The molecule has 0 aromatic rings. The predicted octanol–water partition coefficient (Wildman–Crippen LogP) is 22.1. The number of likely N-dealkylation sites (N-methyl/N-ethyl adjacent to an activating group) is 1. The van der Waals surface area contributed by atoms with Crippen molar-refractivity contribution in [3.05, 3.63) is 0 Å². The van der Waals surface area contributed by atoms with Gasteiger partial charge in [-0.3, -0.25) is 9.36 Å². The lowest BCUT2D eigenvalue weighted by Gasteiger charge is -2.30. The van der Waals surface area contributed by atoms with Crippen molar-refractivity contribution in [3.8, 4) is 0 Å². The third-order valence-corrected chi connectivity index (χ3v) is 18.1. The first-order valence-electron chi connectivity index (χ1n) is 35.9. The Hall–Kier alpha value is -0.500. The molecular formula is C70H143N2O6P. The molecule has 0 bridgehead atoms. The van der Waals surface area contributed by atoms with Gasteiger partial charge < -0.3 is 28.8 Å². The Balaban J connectivity index is 3.97. The topological polar surface area (TPSA) is 108 Å². The summed E-state index contributed by atoms with van der Waals surface area (Å²) in [4.78, 5) is 25.7. The molecule has 0 spiro atoms. The third kappa shape index (κ3) is 64.9. The molecule has 0 radical (unpaired) electrons. The van der Waals surface area contributed by atoms with Gasteiger partial charge in [0.25, 0.3) is 7.82 Å². The second-order valence-electron chi connectivity index (χ2n) is 26.3. The van der Waals surface area contributed by atoms with Gasteiger partial charge in [0.1, 0.15) is 13.2 Å². The fourth-order valence-corrected chi connectivity index (χ4v) is 12.2. The number of aliphatic hydroxyl groups excluding tert-OH is 1. The van der Waals surface area contributed by atoms with E-state index in [1.807, 2.05) is 21.1 Å². The number of nitrogens with one attached hydrogen (secondary N) is 1. The summed E-state index contributed by atoms with van der Waals surface area (Å²) in [6, 6.07) is -0.797. The van der Waals surface area contributed by atoms with Crippen molar-refractivity contribution in [2.45, 2.75) is 405 Å². The molecule has 0 heterocycles. The molecule has 0 aliphatic carbocycles. The van der Waals surface area contributed by atoms with Crippen LogP contribution in [0.3, 0.4) is 0 Å². The van der Waals surface area contributed by atoms with Crippen molar-refractivity contribution in [3.63, 3.8) is 0 Å². The maximum atomic E-state index is 13.1. The summed E-state index contributed by atoms with van der Waals surface area (Å²) in [6.45, 7) is 4.80. The van der Waals surface area contributed by atoms with Crippen LogP contribution in [0.2, 0.25) is 0 Å². The Kier molecular flexibility index (Phi) is 61.7. The number of phosphoric ester groups is 1. The SMILES string of the molecule is CCCCCCCCCCCCCCCCCCCCCCCCCCCCCCCCCC(O)C(COP(=O)([O-])OCC[N+](C)(C)C)NC(=O)CCCCCCCCCCCCCCCCCCCCCCCCCCCC. The van der Waals surface area contributed by atoms with E-state index in [1.165, 1.54) is 327 Å². The zero-order valence-electron chi connectivity index (χ0n) is 54.4. The molecule has 8 nitrogen and oxygen atoms in total. The molecule has 0 rings (SSSR count). The van der Waals surface area contributed by atoms with Gasteiger partial charge in [0, 0.05) is 6.42 Å². The number of phosphoric acid groups is 1. The normalized spacial score (nSPS) is 13.6. The van der Waals surface area contributed by atoms with Crippen molar-refractivity contribution in [1.29, 1.82) is 0 Å². The first-order chi connectivity index (χ1) is 38.5. The number of nitrogens with zero attached hydrogens (tertiary/aromatic N) is 1. The number of hydrogen-bond acceptors (Lipinski definition) is 6. The van der Waals surface area contributed by atoms with Crippen molar-refractivity contribution in [2.75, 3.05) is 40.9 Å². The van der Waals surface area contributed by atoms with E-state index >= 15 is 0 Å². The van der Waals surface area contributed by atoms with Crippen molar-refractivity contribution >= 4 is 13.7 Å². The first kappa shape index (κ1) is 78.5. The van der Waals surface area contributed by atoms with Crippen LogP contribution >= 0.6 is 7.82 Å². The average Bonchev–Trinajstić information content (AvgIpc) is 3.42. The molecule has 474 valence electrons. The number of carbonyl (C=O) groups excluding carboxylic acids is 1. The lowest BCUT2D eigenvalue weighted by atomic mass is 10.0. The number of quaternary nitrogens is 1. The van der Waals surface area contributed by atoms with E-state index in [1.54, 1.807) is 0 Å². The molecule has 0 fully saturated rings.